The first kappa shape index (κ1) is 10.2. The number of nitrogens with zero attached hydrogens (tertiary/aromatic N) is 1. The van der Waals surface area contributed by atoms with E-state index in [-0.39, 0.29) is 0 Å². The molecule has 2 rings (SSSR count). The molecule has 0 bridgehead atoms. The van der Waals surface area contributed by atoms with Crippen molar-refractivity contribution < 1.29 is 0 Å². The number of nitrogens with one attached hydrogen (secondary N) is 2. The van der Waals surface area contributed by atoms with Crippen molar-refractivity contribution in [3.63, 3.8) is 0 Å². The van der Waals surface area contributed by atoms with Crippen LogP contribution in [-0.2, 0) is 0 Å². The summed E-state index contributed by atoms with van der Waals surface area (Å²) in [7, 11) is 0. The molecule has 0 radical (unpaired) electrons. The van der Waals surface area contributed by atoms with Gasteiger partial charge in [-0.05, 0) is 24.6 Å². The normalized spacial score (nSPS) is 13.6. The molecule has 0 aliphatic rings. The maximum Gasteiger partial charge on any atom is 0.137 e. The second-order valence-corrected chi connectivity index (χ2v) is 4.19. The fourth-order valence-electron chi connectivity index (χ4n) is 1.93. The van der Waals surface area contributed by atoms with E-state index in [1.807, 2.05) is 18.5 Å². The van der Waals surface area contributed by atoms with E-state index in [1.54, 1.807) is 0 Å². The highest BCUT2D eigenvalue weighted by Gasteiger charge is 2.11. The molecule has 80 valence electrons. The number of fused-ring (bicyclic) bond motifs is 1. The molecular weight excluding hydrogens is 186 g/mol. The maximum absolute atomic E-state index is 4.28. The Morgan fingerprint density at radius 3 is 2.87 bits per heavy atom. The fraction of sp³-hybridized carbons (Fsp3) is 0.417. The van der Waals surface area contributed by atoms with Crippen molar-refractivity contribution in [2.24, 2.45) is 0 Å². The van der Waals surface area contributed by atoms with E-state index in [0.29, 0.717) is 12.1 Å². The van der Waals surface area contributed by atoms with E-state index in [9.17, 15) is 0 Å². The summed E-state index contributed by atoms with van der Waals surface area (Å²) in [6, 6.07) is 4.92. The quantitative estimate of drug-likeness (QED) is 0.805. The van der Waals surface area contributed by atoms with Gasteiger partial charge in [0.1, 0.15) is 5.65 Å². The summed E-state index contributed by atoms with van der Waals surface area (Å²) in [6.45, 7) is 6.49. The molecule has 0 saturated carbocycles. The Bertz CT molecular complexity index is 445. The summed E-state index contributed by atoms with van der Waals surface area (Å²) in [5.41, 5.74) is 2.25. The molecule has 2 N–H and O–H groups in total. The van der Waals surface area contributed by atoms with Crippen LogP contribution in [0.15, 0.2) is 24.5 Å². The van der Waals surface area contributed by atoms with Crippen molar-refractivity contribution in [1.29, 1.82) is 0 Å². The van der Waals surface area contributed by atoms with Crippen molar-refractivity contribution in [2.75, 3.05) is 0 Å². The number of hydrogen-bond donors (Lipinski definition) is 2. The summed E-state index contributed by atoms with van der Waals surface area (Å²) in [5, 5.41) is 4.70. The van der Waals surface area contributed by atoms with Crippen molar-refractivity contribution in [3.8, 4) is 0 Å². The molecule has 3 nitrogen and oxygen atoms in total. The van der Waals surface area contributed by atoms with Crippen LogP contribution >= 0.6 is 0 Å². The topological polar surface area (TPSA) is 40.7 Å². The van der Waals surface area contributed by atoms with Crippen LogP contribution in [0.2, 0.25) is 0 Å². The van der Waals surface area contributed by atoms with Crippen LogP contribution in [0.1, 0.15) is 32.4 Å². The summed E-state index contributed by atoms with van der Waals surface area (Å²) in [4.78, 5) is 7.47. The number of pyridine rings is 1. The van der Waals surface area contributed by atoms with Crippen LogP contribution in [0, 0.1) is 0 Å². The van der Waals surface area contributed by atoms with Gasteiger partial charge in [-0.1, -0.05) is 13.8 Å². The third-order valence-electron chi connectivity index (χ3n) is 2.53. The Morgan fingerprint density at radius 2 is 2.13 bits per heavy atom. The minimum Gasteiger partial charge on any atom is -0.346 e. The standard InChI is InChI=1S/C12H17N3/c1-8(2)15-9(3)11-7-14-12-10(11)5-4-6-13-12/h4-9,15H,1-3H3,(H,13,14). The highest BCUT2D eigenvalue weighted by molar-refractivity contribution is 5.79. The van der Waals surface area contributed by atoms with Gasteiger partial charge in [-0.15, -0.1) is 0 Å². The number of aromatic amines is 1. The monoisotopic (exact) mass is 203 g/mol. The zero-order valence-corrected chi connectivity index (χ0v) is 9.41. The average molecular weight is 203 g/mol. The van der Waals surface area contributed by atoms with E-state index < -0.39 is 0 Å². The Morgan fingerprint density at radius 1 is 1.33 bits per heavy atom. The SMILES string of the molecule is CC(C)NC(C)c1c[nH]c2ncccc12. The van der Waals surface area contributed by atoms with Gasteiger partial charge in [0.25, 0.3) is 0 Å². The summed E-state index contributed by atoms with van der Waals surface area (Å²) >= 11 is 0. The van der Waals surface area contributed by atoms with Crippen LogP contribution < -0.4 is 5.32 Å². The van der Waals surface area contributed by atoms with E-state index >= 15 is 0 Å². The molecular formula is C12H17N3. The lowest BCUT2D eigenvalue weighted by molar-refractivity contribution is 0.508. The number of H-pyrrole nitrogens is 1. The second kappa shape index (κ2) is 4.03. The summed E-state index contributed by atoms with van der Waals surface area (Å²) in [6.07, 6.45) is 3.85. The second-order valence-electron chi connectivity index (χ2n) is 4.19. The van der Waals surface area contributed by atoms with Gasteiger partial charge in [0, 0.05) is 29.9 Å². The molecule has 0 spiro atoms. The molecule has 0 aromatic carbocycles. The van der Waals surface area contributed by atoms with Gasteiger partial charge in [-0.25, -0.2) is 4.98 Å². The first-order valence-corrected chi connectivity index (χ1v) is 5.36. The zero-order chi connectivity index (χ0) is 10.8. The minimum absolute atomic E-state index is 0.350. The van der Waals surface area contributed by atoms with Crippen molar-refractivity contribution in [2.45, 2.75) is 32.9 Å². The van der Waals surface area contributed by atoms with Crippen LogP contribution in [0.5, 0.6) is 0 Å². The van der Waals surface area contributed by atoms with Gasteiger partial charge in [0.05, 0.1) is 0 Å². The molecule has 0 amide bonds. The highest BCUT2D eigenvalue weighted by Crippen LogP contribution is 2.22. The molecule has 0 aliphatic heterocycles. The van der Waals surface area contributed by atoms with E-state index in [4.69, 9.17) is 0 Å². The average Bonchev–Trinajstić information content (AvgIpc) is 2.59. The predicted molar refractivity (Wildman–Crippen MR) is 62.8 cm³/mol. The van der Waals surface area contributed by atoms with E-state index in [2.05, 4.69) is 42.1 Å². The van der Waals surface area contributed by atoms with Gasteiger partial charge in [0.15, 0.2) is 0 Å². The minimum atomic E-state index is 0.350. The number of rotatable bonds is 3. The first-order chi connectivity index (χ1) is 7.18. The van der Waals surface area contributed by atoms with Gasteiger partial charge in [0.2, 0.25) is 0 Å². The van der Waals surface area contributed by atoms with E-state index in [0.717, 1.165) is 5.65 Å². The predicted octanol–water partition coefficient (Wildman–Crippen LogP) is 2.62. The third-order valence-corrected chi connectivity index (χ3v) is 2.53. The molecule has 2 heterocycles. The Labute approximate surface area is 89.9 Å². The zero-order valence-electron chi connectivity index (χ0n) is 9.41. The molecule has 0 saturated heterocycles. The van der Waals surface area contributed by atoms with Crippen LogP contribution in [0.3, 0.4) is 0 Å². The molecule has 2 aromatic heterocycles. The van der Waals surface area contributed by atoms with Gasteiger partial charge in [-0.2, -0.15) is 0 Å². The number of hydrogen-bond acceptors (Lipinski definition) is 2. The molecule has 0 fully saturated rings. The lowest BCUT2D eigenvalue weighted by Crippen LogP contribution is -2.25. The maximum atomic E-state index is 4.28. The Hall–Kier alpha value is -1.35. The first-order valence-electron chi connectivity index (χ1n) is 5.36. The lowest BCUT2D eigenvalue weighted by atomic mass is 10.1. The molecule has 2 aromatic rings. The molecule has 3 heteroatoms. The van der Waals surface area contributed by atoms with Crippen LogP contribution in [-0.4, -0.2) is 16.0 Å². The fourth-order valence-corrected chi connectivity index (χ4v) is 1.93. The smallest absolute Gasteiger partial charge is 0.137 e. The van der Waals surface area contributed by atoms with Gasteiger partial charge in [-0.3, -0.25) is 0 Å². The Balaban J connectivity index is 2.35. The number of aromatic nitrogens is 2. The molecule has 1 atom stereocenters. The van der Waals surface area contributed by atoms with Crippen LogP contribution in [0.4, 0.5) is 0 Å². The van der Waals surface area contributed by atoms with Gasteiger partial charge >= 0.3 is 0 Å². The summed E-state index contributed by atoms with van der Waals surface area (Å²) in [5.74, 6) is 0. The van der Waals surface area contributed by atoms with E-state index in [1.165, 1.54) is 10.9 Å². The summed E-state index contributed by atoms with van der Waals surface area (Å²) < 4.78 is 0. The lowest BCUT2D eigenvalue weighted by Gasteiger charge is -2.16. The molecule has 1 unspecified atom stereocenters. The van der Waals surface area contributed by atoms with Crippen LogP contribution in [0.25, 0.3) is 11.0 Å². The van der Waals surface area contributed by atoms with Crippen molar-refractivity contribution in [1.82, 2.24) is 15.3 Å². The van der Waals surface area contributed by atoms with Crippen molar-refractivity contribution in [3.05, 3.63) is 30.1 Å². The van der Waals surface area contributed by atoms with Crippen molar-refractivity contribution >= 4 is 11.0 Å². The largest absolute Gasteiger partial charge is 0.346 e. The highest BCUT2D eigenvalue weighted by atomic mass is 14.9. The molecule has 0 aliphatic carbocycles. The third kappa shape index (κ3) is 2.02. The Kier molecular flexibility index (Phi) is 2.73. The molecule has 15 heavy (non-hydrogen) atoms. The van der Waals surface area contributed by atoms with Gasteiger partial charge < -0.3 is 10.3 Å².